The monoisotopic (exact) mass is 327 g/mol. The SMILES string of the molecule is COc1cc2c(cc1NC(=S)NCCCl)CCCC(=O)N2. The summed E-state index contributed by atoms with van der Waals surface area (Å²) in [6.45, 7) is 0.594. The molecule has 21 heavy (non-hydrogen) atoms. The van der Waals surface area contributed by atoms with E-state index in [2.05, 4.69) is 16.0 Å². The number of rotatable bonds is 4. The Labute approximate surface area is 134 Å². The van der Waals surface area contributed by atoms with Crippen LogP contribution in [0, 0.1) is 0 Å². The maximum absolute atomic E-state index is 11.6. The van der Waals surface area contributed by atoms with Gasteiger partial charge in [-0.05, 0) is 36.7 Å². The average molecular weight is 328 g/mol. The second kappa shape index (κ2) is 7.47. The Hall–Kier alpha value is -1.53. The first kappa shape index (κ1) is 15.9. The van der Waals surface area contributed by atoms with Gasteiger partial charge in [0.1, 0.15) is 5.75 Å². The quantitative estimate of drug-likeness (QED) is 0.586. The molecule has 0 unspecified atom stereocenters. The summed E-state index contributed by atoms with van der Waals surface area (Å²) in [5, 5.41) is 9.49. The first-order chi connectivity index (χ1) is 10.1. The zero-order chi connectivity index (χ0) is 15.2. The zero-order valence-electron chi connectivity index (χ0n) is 11.8. The Morgan fingerprint density at radius 2 is 2.29 bits per heavy atom. The third-order valence-corrected chi connectivity index (χ3v) is 3.61. The molecule has 0 spiro atoms. The minimum absolute atomic E-state index is 0.0378. The van der Waals surface area contributed by atoms with E-state index in [9.17, 15) is 4.79 Å². The van der Waals surface area contributed by atoms with Gasteiger partial charge in [-0.3, -0.25) is 4.79 Å². The van der Waals surface area contributed by atoms with E-state index in [-0.39, 0.29) is 5.91 Å². The molecule has 1 aliphatic heterocycles. The number of benzene rings is 1. The number of fused-ring (bicyclic) bond motifs is 1. The van der Waals surface area contributed by atoms with Gasteiger partial charge in [-0.15, -0.1) is 11.6 Å². The normalized spacial score (nSPS) is 13.7. The highest BCUT2D eigenvalue weighted by Gasteiger charge is 2.16. The van der Waals surface area contributed by atoms with Crippen molar-refractivity contribution in [3.8, 4) is 5.75 Å². The number of carbonyl (C=O) groups excluding carboxylic acids is 1. The van der Waals surface area contributed by atoms with Crippen molar-refractivity contribution in [1.29, 1.82) is 0 Å². The van der Waals surface area contributed by atoms with Crippen LogP contribution < -0.4 is 20.7 Å². The molecule has 0 saturated carbocycles. The number of methoxy groups -OCH3 is 1. The lowest BCUT2D eigenvalue weighted by Gasteiger charge is -2.16. The molecule has 1 heterocycles. The number of alkyl halides is 1. The molecule has 0 saturated heterocycles. The number of ether oxygens (including phenoxy) is 1. The summed E-state index contributed by atoms with van der Waals surface area (Å²) in [6, 6.07) is 3.79. The number of carbonyl (C=O) groups is 1. The summed E-state index contributed by atoms with van der Waals surface area (Å²) >= 11 is 10.8. The van der Waals surface area contributed by atoms with Gasteiger partial charge in [-0.2, -0.15) is 0 Å². The molecule has 2 rings (SSSR count). The predicted molar refractivity (Wildman–Crippen MR) is 89.5 cm³/mol. The Morgan fingerprint density at radius 1 is 1.48 bits per heavy atom. The maximum Gasteiger partial charge on any atom is 0.224 e. The van der Waals surface area contributed by atoms with Crippen molar-refractivity contribution in [3.63, 3.8) is 0 Å². The van der Waals surface area contributed by atoms with E-state index in [1.165, 1.54) is 0 Å². The van der Waals surface area contributed by atoms with Crippen LogP contribution in [0.25, 0.3) is 0 Å². The molecular formula is C14H18ClN3O2S. The van der Waals surface area contributed by atoms with Crippen molar-refractivity contribution < 1.29 is 9.53 Å². The third-order valence-electron chi connectivity index (χ3n) is 3.18. The fraction of sp³-hybridized carbons (Fsp3) is 0.429. The van der Waals surface area contributed by atoms with Gasteiger partial charge in [0.25, 0.3) is 0 Å². The molecule has 1 amide bonds. The van der Waals surface area contributed by atoms with Crippen LogP contribution in [0.3, 0.4) is 0 Å². The van der Waals surface area contributed by atoms with E-state index in [4.69, 9.17) is 28.6 Å². The van der Waals surface area contributed by atoms with Gasteiger partial charge in [-0.25, -0.2) is 0 Å². The lowest BCUT2D eigenvalue weighted by atomic mass is 10.1. The lowest BCUT2D eigenvalue weighted by molar-refractivity contribution is -0.116. The van der Waals surface area contributed by atoms with E-state index < -0.39 is 0 Å². The number of hydrogen-bond acceptors (Lipinski definition) is 3. The number of nitrogens with one attached hydrogen (secondary N) is 3. The lowest BCUT2D eigenvalue weighted by Crippen LogP contribution is -2.30. The summed E-state index contributed by atoms with van der Waals surface area (Å²) in [4.78, 5) is 11.6. The summed E-state index contributed by atoms with van der Waals surface area (Å²) < 4.78 is 5.37. The van der Waals surface area contributed by atoms with E-state index in [0.29, 0.717) is 29.7 Å². The van der Waals surface area contributed by atoms with Gasteiger partial charge in [0.2, 0.25) is 5.91 Å². The number of aryl methyl sites for hydroxylation is 1. The summed E-state index contributed by atoms with van der Waals surface area (Å²) in [5.74, 6) is 1.15. The second-order valence-corrected chi connectivity index (χ2v) is 5.47. The van der Waals surface area contributed by atoms with Crippen molar-refractivity contribution >= 4 is 46.2 Å². The van der Waals surface area contributed by atoms with Crippen molar-refractivity contribution in [3.05, 3.63) is 17.7 Å². The summed E-state index contributed by atoms with van der Waals surface area (Å²) in [6.07, 6.45) is 2.21. The minimum Gasteiger partial charge on any atom is -0.494 e. The molecule has 0 fully saturated rings. The standard InChI is InChI=1S/C14H18ClN3O2S/c1-20-12-8-10-9(3-2-4-13(19)17-10)7-11(12)18-14(21)16-6-5-15/h7-8H,2-6H2,1H3,(H,17,19)(H2,16,18,21). The van der Waals surface area contributed by atoms with Gasteiger partial charge in [0.05, 0.1) is 12.8 Å². The van der Waals surface area contributed by atoms with Gasteiger partial charge in [-0.1, -0.05) is 0 Å². The molecule has 3 N–H and O–H groups in total. The molecule has 0 radical (unpaired) electrons. The Balaban J connectivity index is 2.23. The Kier molecular flexibility index (Phi) is 5.64. The highest BCUT2D eigenvalue weighted by atomic mass is 35.5. The molecule has 1 aromatic rings. The summed E-state index contributed by atoms with van der Waals surface area (Å²) in [7, 11) is 1.58. The van der Waals surface area contributed by atoms with E-state index in [1.807, 2.05) is 12.1 Å². The predicted octanol–water partition coefficient (Wildman–Crippen LogP) is 2.50. The van der Waals surface area contributed by atoms with Crippen LogP contribution in [0.1, 0.15) is 18.4 Å². The Morgan fingerprint density at radius 3 is 3.00 bits per heavy atom. The van der Waals surface area contributed by atoms with Crippen LogP contribution in [0.15, 0.2) is 12.1 Å². The minimum atomic E-state index is 0.0378. The molecular weight excluding hydrogens is 310 g/mol. The molecule has 0 aromatic heterocycles. The van der Waals surface area contributed by atoms with Crippen molar-refractivity contribution in [1.82, 2.24) is 5.32 Å². The number of halogens is 1. The van der Waals surface area contributed by atoms with Crippen molar-refractivity contribution in [2.75, 3.05) is 30.2 Å². The molecule has 0 atom stereocenters. The Bertz CT molecular complexity index is 551. The molecule has 1 aliphatic rings. The first-order valence-corrected chi connectivity index (χ1v) is 7.70. The van der Waals surface area contributed by atoms with E-state index in [0.717, 1.165) is 29.8 Å². The highest BCUT2D eigenvalue weighted by Crippen LogP contribution is 2.33. The molecule has 1 aromatic carbocycles. The number of hydrogen-bond donors (Lipinski definition) is 3. The van der Waals surface area contributed by atoms with Gasteiger partial charge in [0, 0.05) is 30.6 Å². The van der Waals surface area contributed by atoms with Crippen LogP contribution >= 0.6 is 23.8 Å². The fourth-order valence-electron chi connectivity index (χ4n) is 2.19. The van der Waals surface area contributed by atoms with Gasteiger partial charge >= 0.3 is 0 Å². The van der Waals surface area contributed by atoms with Crippen LogP contribution in [-0.2, 0) is 11.2 Å². The van der Waals surface area contributed by atoms with Gasteiger partial charge < -0.3 is 20.7 Å². The van der Waals surface area contributed by atoms with Crippen LogP contribution in [0.5, 0.6) is 5.75 Å². The largest absolute Gasteiger partial charge is 0.494 e. The maximum atomic E-state index is 11.6. The van der Waals surface area contributed by atoms with Gasteiger partial charge in [0.15, 0.2) is 5.11 Å². The van der Waals surface area contributed by atoms with Crippen LogP contribution in [0.2, 0.25) is 0 Å². The van der Waals surface area contributed by atoms with Crippen molar-refractivity contribution in [2.45, 2.75) is 19.3 Å². The number of anilines is 2. The molecule has 0 bridgehead atoms. The molecule has 114 valence electrons. The molecule has 7 heteroatoms. The highest BCUT2D eigenvalue weighted by molar-refractivity contribution is 7.80. The first-order valence-electron chi connectivity index (χ1n) is 6.75. The van der Waals surface area contributed by atoms with E-state index in [1.54, 1.807) is 7.11 Å². The molecule has 5 nitrogen and oxygen atoms in total. The second-order valence-electron chi connectivity index (χ2n) is 4.68. The topological polar surface area (TPSA) is 62.4 Å². The smallest absolute Gasteiger partial charge is 0.224 e. The number of thiocarbonyl (C=S) groups is 1. The van der Waals surface area contributed by atoms with E-state index >= 15 is 0 Å². The summed E-state index contributed by atoms with van der Waals surface area (Å²) in [5.41, 5.74) is 2.66. The fourth-order valence-corrected chi connectivity index (χ4v) is 2.50. The van der Waals surface area contributed by atoms with Crippen molar-refractivity contribution in [2.24, 2.45) is 0 Å². The third kappa shape index (κ3) is 4.22. The molecule has 0 aliphatic carbocycles. The average Bonchev–Trinajstić information content (AvgIpc) is 2.64. The van der Waals surface area contributed by atoms with Crippen LogP contribution in [0.4, 0.5) is 11.4 Å². The number of amides is 1. The van der Waals surface area contributed by atoms with Crippen LogP contribution in [-0.4, -0.2) is 30.6 Å². The zero-order valence-corrected chi connectivity index (χ0v) is 13.4.